The zero-order valence-corrected chi connectivity index (χ0v) is 11.7. The highest BCUT2D eigenvalue weighted by molar-refractivity contribution is 5.75. The summed E-state index contributed by atoms with van der Waals surface area (Å²) in [6, 6.07) is 0. The number of hydrogen-bond donors (Lipinski definition) is 2. The zero-order valence-electron chi connectivity index (χ0n) is 11.7. The van der Waals surface area contributed by atoms with Crippen LogP contribution in [0.1, 0.15) is 22.8 Å². The number of aromatic nitrogens is 5. The Morgan fingerprint density at radius 2 is 1.95 bits per heavy atom. The molecule has 1 amide bonds. The quantitative estimate of drug-likeness (QED) is 0.805. The van der Waals surface area contributed by atoms with Gasteiger partial charge < -0.3 is 11.1 Å². The third kappa shape index (κ3) is 3.28. The average Bonchev–Trinajstić information content (AvgIpc) is 2.73. The Morgan fingerprint density at radius 3 is 2.50 bits per heavy atom. The van der Waals surface area contributed by atoms with Crippen LogP contribution in [-0.2, 0) is 17.9 Å². The molecule has 0 aromatic carbocycles. The van der Waals surface area contributed by atoms with E-state index in [1.165, 1.54) is 10.9 Å². The topological polar surface area (TPSA) is 112 Å². The Morgan fingerprint density at radius 1 is 1.30 bits per heavy atom. The summed E-state index contributed by atoms with van der Waals surface area (Å²) in [5.74, 6) is 0.846. The smallest absolute Gasteiger partial charge is 0.242 e. The fraction of sp³-hybridized carbons (Fsp3) is 0.417. The number of nitrogen functional groups attached to an aromatic ring is 1. The van der Waals surface area contributed by atoms with Crippen molar-refractivity contribution in [1.82, 2.24) is 30.3 Å². The standard InChI is InChI=1S/C12H17N7O/c1-7-10(8(2)16-9(3)15-7)4-14-12(20)6-19-5-11(13)17-18-19/h5H,4,6,13H2,1-3H3,(H,14,20). The summed E-state index contributed by atoms with van der Waals surface area (Å²) in [5.41, 5.74) is 8.11. The van der Waals surface area contributed by atoms with E-state index < -0.39 is 0 Å². The van der Waals surface area contributed by atoms with Gasteiger partial charge in [-0.2, -0.15) is 0 Å². The molecule has 0 bridgehead atoms. The molecular weight excluding hydrogens is 258 g/mol. The monoisotopic (exact) mass is 275 g/mol. The molecule has 0 radical (unpaired) electrons. The van der Waals surface area contributed by atoms with Crippen molar-refractivity contribution in [3.05, 3.63) is 29.0 Å². The number of hydrogen-bond acceptors (Lipinski definition) is 6. The second-order valence-electron chi connectivity index (χ2n) is 4.54. The summed E-state index contributed by atoms with van der Waals surface area (Å²) in [7, 11) is 0. The van der Waals surface area contributed by atoms with E-state index in [9.17, 15) is 4.79 Å². The van der Waals surface area contributed by atoms with Crippen LogP contribution < -0.4 is 11.1 Å². The number of nitrogens with two attached hydrogens (primary N) is 1. The lowest BCUT2D eigenvalue weighted by Gasteiger charge is -2.10. The fourth-order valence-corrected chi connectivity index (χ4v) is 1.94. The molecule has 0 unspecified atom stereocenters. The van der Waals surface area contributed by atoms with E-state index in [-0.39, 0.29) is 18.3 Å². The van der Waals surface area contributed by atoms with Crippen LogP contribution in [0.15, 0.2) is 6.20 Å². The maximum atomic E-state index is 11.8. The van der Waals surface area contributed by atoms with E-state index in [1.807, 2.05) is 20.8 Å². The second kappa shape index (κ2) is 5.64. The van der Waals surface area contributed by atoms with Gasteiger partial charge in [0.2, 0.25) is 5.91 Å². The van der Waals surface area contributed by atoms with E-state index in [2.05, 4.69) is 25.6 Å². The van der Waals surface area contributed by atoms with Crippen molar-refractivity contribution in [1.29, 1.82) is 0 Å². The Hall–Kier alpha value is -2.51. The molecule has 0 atom stereocenters. The lowest BCUT2D eigenvalue weighted by Crippen LogP contribution is -2.28. The Kier molecular flexibility index (Phi) is 3.92. The summed E-state index contributed by atoms with van der Waals surface area (Å²) in [6.45, 7) is 6.12. The molecule has 8 nitrogen and oxygen atoms in total. The van der Waals surface area contributed by atoms with Crippen LogP contribution in [0.25, 0.3) is 0 Å². The predicted octanol–water partition coefficient (Wildman–Crippen LogP) is -0.108. The third-order valence-electron chi connectivity index (χ3n) is 2.86. The molecule has 0 aliphatic rings. The van der Waals surface area contributed by atoms with Crippen LogP contribution in [0.4, 0.5) is 5.82 Å². The number of carbonyl (C=O) groups is 1. The van der Waals surface area contributed by atoms with Crippen LogP contribution in [-0.4, -0.2) is 30.9 Å². The number of amides is 1. The largest absolute Gasteiger partial charge is 0.381 e. The molecule has 106 valence electrons. The highest BCUT2D eigenvalue weighted by Crippen LogP contribution is 2.09. The molecule has 2 heterocycles. The number of nitrogens with one attached hydrogen (secondary N) is 1. The summed E-state index contributed by atoms with van der Waals surface area (Å²) < 4.78 is 1.38. The van der Waals surface area contributed by atoms with Crippen molar-refractivity contribution in [2.75, 3.05) is 5.73 Å². The maximum Gasteiger partial charge on any atom is 0.242 e. The number of aryl methyl sites for hydroxylation is 3. The number of rotatable bonds is 4. The molecule has 0 saturated carbocycles. The molecular formula is C12H17N7O. The summed E-state index contributed by atoms with van der Waals surface area (Å²) in [4.78, 5) is 20.4. The van der Waals surface area contributed by atoms with Gasteiger partial charge in [0.1, 0.15) is 12.4 Å². The van der Waals surface area contributed by atoms with Crippen LogP contribution in [0.3, 0.4) is 0 Å². The van der Waals surface area contributed by atoms with Gasteiger partial charge in [0.15, 0.2) is 5.82 Å². The van der Waals surface area contributed by atoms with Gasteiger partial charge in [-0.05, 0) is 20.8 Å². The molecule has 3 N–H and O–H groups in total. The molecule has 0 fully saturated rings. The summed E-state index contributed by atoms with van der Waals surface area (Å²) >= 11 is 0. The Labute approximate surface area is 116 Å². The van der Waals surface area contributed by atoms with Crippen molar-refractivity contribution in [3.63, 3.8) is 0 Å². The lowest BCUT2D eigenvalue weighted by molar-refractivity contribution is -0.122. The minimum Gasteiger partial charge on any atom is -0.381 e. The molecule has 0 saturated heterocycles. The molecule has 2 aromatic rings. The third-order valence-corrected chi connectivity index (χ3v) is 2.86. The number of carbonyl (C=O) groups excluding carboxylic acids is 1. The van der Waals surface area contributed by atoms with Gasteiger partial charge >= 0.3 is 0 Å². The predicted molar refractivity (Wildman–Crippen MR) is 72.5 cm³/mol. The Bertz CT molecular complexity index is 611. The van der Waals surface area contributed by atoms with Gasteiger partial charge in [-0.1, -0.05) is 5.21 Å². The highest BCUT2D eigenvalue weighted by Gasteiger charge is 2.09. The first kappa shape index (κ1) is 13.9. The van der Waals surface area contributed by atoms with Crippen LogP contribution >= 0.6 is 0 Å². The normalized spacial score (nSPS) is 10.6. The van der Waals surface area contributed by atoms with Crippen LogP contribution in [0.5, 0.6) is 0 Å². The summed E-state index contributed by atoms with van der Waals surface area (Å²) in [5, 5.41) is 10.1. The van der Waals surface area contributed by atoms with E-state index in [0.29, 0.717) is 6.54 Å². The minimum atomic E-state index is -0.172. The molecule has 2 rings (SSSR count). The van der Waals surface area contributed by atoms with Gasteiger partial charge in [-0.3, -0.25) is 4.79 Å². The Balaban J connectivity index is 1.97. The molecule has 0 aliphatic heterocycles. The van der Waals surface area contributed by atoms with Gasteiger partial charge in [-0.15, -0.1) is 5.10 Å². The van der Waals surface area contributed by atoms with E-state index in [4.69, 9.17) is 5.73 Å². The van der Waals surface area contributed by atoms with Crippen molar-refractivity contribution in [2.45, 2.75) is 33.9 Å². The second-order valence-corrected chi connectivity index (χ2v) is 4.54. The highest BCUT2D eigenvalue weighted by atomic mass is 16.2. The van der Waals surface area contributed by atoms with Crippen molar-refractivity contribution in [2.24, 2.45) is 0 Å². The average molecular weight is 275 g/mol. The van der Waals surface area contributed by atoms with Gasteiger partial charge in [0, 0.05) is 23.5 Å². The van der Waals surface area contributed by atoms with E-state index in [1.54, 1.807) is 0 Å². The number of nitrogens with zero attached hydrogens (tertiary/aromatic N) is 5. The number of anilines is 1. The molecule has 20 heavy (non-hydrogen) atoms. The maximum absolute atomic E-state index is 11.8. The van der Waals surface area contributed by atoms with Crippen molar-refractivity contribution in [3.8, 4) is 0 Å². The minimum absolute atomic E-state index is 0.0784. The first-order valence-corrected chi connectivity index (χ1v) is 6.18. The van der Waals surface area contributed by atoms with Gasteiger partial charge in [0.25, 0.3) is 0 Å². The molecule has 0 aliphatic carbocycles. The first-order chi connectivity index (χ1) is 9.45. The van der Waals surface area contributed by atoms with E-state index >= 15 is 0 Å². The summed E-state index contributed by atoms with van der Waals surface area (Å²) in [6.07, 6.45) is 1.51. The van der Waals surface area contributed by atoms with Gasteiger partial charge in [0.05, 0.1) is 6.20 Å². The van der Waals surface area contributed by atoms with Crippen molar-refractivity contribution >= 4 is 11.7 Å². The molecule has 0 spiro atoms. The van der Waals surface area contributed by atoms with Crippen LogP contribution in [0, 0.1) is 20.8 Å². The lowest BCUT2D eigenvalue weighted by atomic mass is 10.1. The van der Waals surface area contributed by atoms with Crippen LogP contribution in [0.2, 0.25) is 0 Å². The SMILES string of the molecule is Cc1nc(C)c(CNC(=O)Cn2cc(N)nn2)c(C)n1. The fourth-order valence-electron chi connectivity index (χ4n) is 1.94. The van der Waals surface area contributed by atoms with Gasteiger partial charge in [-0.25, -0.2) is 14.6 Å². The first-order valence-electron chi connectivity index (χ1n) is 6.18. The zero-order chi connectivity index (χ0) is 14.7. The van der Waals surface area contributed by atoms with Crippen molar-refractivity contribution < 1.29 is 4.79 Å². The molecule has 2 aromatic heterocycles. The van der Waals surface area contributed by atoms with E-state index in [0.717, 1.165) is 22.8 Å². The molecule has 8 heteroatoms.